The van der Waals surface area contributed by atoms with Gasteiger partial charge in [-0.25, -0.2) is 4.68 Å². The molecule has 4 nitrogen and oxygen atoms in total. The molecule has 3 aromatic rings. The first-order chi connectivity index (χ1) is 8.74. The average molecular weight is 259 g/mol. The Labute approximate surface area is 107 Å². The van der Waals surface area contributed by atoms with Crippen LogP contribution in [0.25, 0.3) is 15.7 Å². The molecule has 0 aliphatic heterocycles. The van der Waals surface area contributed by atoms with Gasteiger partial charge < -0.3 is 0 Å². The van der Waals surface area contributed by atoms with Crippen LogP contribution in [-0.4, -0.2) is 14.2 Å². The number of fused-ring (bicyclic) bond motifs is 3. The van der Waals surface area contributed by atoms with Gasteiger partial charge >= 0.3 is 0 Å². The van der Waals surface area contributed by atoms with Gasteiger partial charge in [0, 0.05) is 11.9 Å². The lowest BCUT2D eigenvalue weighted by Gasteiger charge is -2.07. The molecule has 1 fully saturated rings. The van der Waals surface area contributed by atoms with E-state index in [9.17, 15) is 4.79 Å². The molecule has 1 aliphatic rings. The summed E-state index contributed by atoms with van der Waals surface area (Å²) in [5, 5.41) is 7.64. The van der Waals surface area contributed by atoms with E-state index >= 15 is 0 Å². The van der Waals surface area contributed by atoms with E-state index < -0.39 is 0 Å². The van der Waals surface area contributed by atoms with Gasteiger partial charge in [0.25, 0.3) is 5.56 Å². The van der Waals surface area contributed by atoms with Gasteiger partial charge in [-0.2, -0.15) is 5.10 Å². The van der Waals surface area contributed by atoms with Crippen molar-refractivity contribution in [3.63, 3.8) is 0 Å². The zero-order chi connectivity index (χ0) is 12.3. The minimum atomic E-state index is 0.0379. The SMILES string of the molecule is Cc1nn(CC2CC2)c(=O)c2cc3ccsc3n12. The number of nitrogens with zero attached hydrogens (tertiary/aromatic N) is 3. The maximum atomic E-state index is 12.4. The monoisotopic (exact) mass is 259 g/mol. The van der Waals surface area contributed by atoms with Crippen LogP contribution < -0.4 is 5.56 Å². The van der Waals surface area contributed by atoms with Gasteiger partial charge in [-0.1, -0.05) is 0 Å². The number of hydrogen-bond acceptors (Lipinski definition) is 3. The minimum Gasteiger partial charge on any atom is -0.282 e. The Morgan fingerprint density at radius 3 is 3.11 bits per heavy atom. The van der Waals surface area contributed by atoms with Crippen LogP contribution in [0.2, 0.25) is 0 Å². The quantitative estimate of drug-likeness (QED) is 0.709. The van der Waals surface area contributed by atoms with E-state index in [0.717, 1.165) is 28.1 Å². The fourth-order valence-corrected chi connectivity index (χ4v) is 3.41. The Morgan fingerprint density at radius 1 is 1.50 bits per heavy atom. The van der Waals surface area contributed by atoms with Gasteiger partial charge in [0.15, 0.2) is 0 Å². The van der Waals surface area contributed by atoms with Gasteiger partial charge in [-0.3, -0.25) is 9.20 Å². The van der Waals surface area contributed by atoms with Crippen LogP contribution in [0.5, 0.6) is 0 Å². The van der Waals surface area contributed by atoms with Crippen LogP contribution in [0, 0.1) is 12.8 Å². The van der Waals surface area contributed by atoms with Gasteiger partial charge in [0.1, 0.15) is 16.2 Å². The summed E-state index contributed by atoms with van der Waals surface area (Å²) >= 11 is 1.65. The third-order valence-electron chi connectivity index (χ3n) is 3.58. The molecule has 18 heavy (non-hydrogen) atoms. The second kappa shape index (κ2) is 3.45. The summed E-state index contributed by atoms with van der Waals surface area (Å²) in [6, 6.07) is 4.03. The summed E-state index contributed by atoms with van der Waals surface area (Å²) < 4.78 is 3.62. The molecule has 1 saturated carbocycles. The highest BCUT2D eigenvalue weighted by molar-refractivity contribution is 7.16. The smallest absolute Gasteiger partial charge is 0.282 e. The summed E-state index contributed by atoms with van der Waals surface area (Å²) in [6.45, 7) is 2.74. The molecule has 0 N–H and O–H groups in total. The number of rotatable bonds is 2. The third-order valence-corrected chi connectivity index (χ3v) is 4.49. The van der Waals surface area contributed by atoms with Crippen LogP contribution >= 0.6 is 11.3 Å². The van der Waals surface area contributed by atoms with E-state index in [2.05, 4.69) is 11.2 Å². The fraction of sp³-hybridized carbons (Fsp3) is 0.385. The first-order valence-corrected chi connectivity index (χ1v) is 7.08. The van der Waals surface area contributed by atoms with Gasteiger partial charge in [0.2, 0.25) is 0 Å². The molecule has 0 aromatic carbocycles. The second-order valence-electron chi connectivity index (χ2n) is 5.02. The molecule has 0 saturated heterocycles. The number of aryl methyl sites for hydroxylation is 1. The number of hydrogen-bond donors (Lipinski definition) is 0. The summed E-state index contributed by atoms with van der Waals surface area (Å²) in [5.41, 5.74) is 0.793. The standard InChI is InChI=1S/C13H13N3OS/c1-8-14-15(7-9-2-3-9)12(17)11-6-10-4-5-18-13(10)16(8)11/h4-6,9H,2-3,7H2,1H3. The molecule has 3 heterocycles. The van der Waals surface area contributed by atoms with Crippen molar-refractivity contribution in [2.45, 2.75) is 26.3 Å². The maximum Gasteiger partial charge on any atom is 0.291 e. The zero-order valence-corrected chi connectivity index (χ0v) is 10.9. The van der Waals surface area contributed by atoms with Gasteiger partial charge in [-0.05, 0) is 43.2 Å². The molecular formula is C13H13N3OS. The van der Waals surface area contributed by atoms with Crippen LogP contribution in [0.3, 0.4) is 0 Å². The second-order valence-corrected chi connectivity index (χ2v) is 5.92. The van der Waals surface area contributed by atoms with Crippen molar-refractivity contribution in [3.05, 3.63) is 33.7 Å². The van der Waals surface area contributed by atoms with Crippen molar-refractivity contribution in [1.82, 2.24) is 14.2 Å². The Balaban J connectivity index is 2.06. The normalized spacial score (nSPS) is 15.8. The van der Waals surface area contributed by atoms with E-state index in [1.165, 1.54) is 12.8 Å². The van der Waals surface area contributed by atoms with Crippen molar-refractivity contribution in [2.75, 3.05) is 0 Å². The third kappa shape index (κ3) is 1.37. The van der Waals surface area contributed by atoms with Crippen molar-refractivity contribution in [1.29, 1.82) is 0 Å². The lowest BCUT2D eigenvalue weighted by Crippen LogP contribution is -2.26. The average Bonchev–Trinajstić information content (AvgIpc) is 2.89. The first-order valence-electron chi connectivity index (χ1n) is 6.20. The predicted molar refractivity (Wildman–Crippen MR) is 72.3 cm³/mol. The maximum absolute atomic E-state index is 12.4. The predicted octanol–water partition coefficient (Wildman–Crippen LogP) is 2.43. The van der Waals surface area contributed by atoms with E-state index in [0.29, 0.717) is 5.92 Å². The topological polar surface area (TPSA) is 39.3 Å². The van der Waals surface area contributed by atoms with Crippen molar-refractivity contribution in [3.8, 4) is 0 Å². The first kappa shape index (κ1) is 10.3. The summed E-state index contributed by atoms with van der Waals surface area (Å²) in [4.78, 5) is 13.5. The summed E-state index contributed by atoms with van der Waals surface area (Å²) in [5.74, 6) is 1.55. The van der Waals surface area contributed by atoms with E-state index in [4.69, 9.17) is 0 Å². The molecule has 0 unspecified atom stereocenters. The van der Waals surface area contributed by atoms with Crippen LogP contribution in [0.1, 0.15) is 18.7 Å². The summed E-state index contributed by atoms with van der Waals surface area (Å²) in [6.07, 6.45) is 2.46. The highest BCUT2D eigenvalue weighted by Gasteiger charge is 2.23. The zero-order valence-electron chi connectivity index (χ0n) is 10.1. The van der Waals surface area contributed by atoms with E-state index in [1.807, 2.05) is 22.8 Å². The molecule has 0 atom stereocenters. The van der Waals surface area contributed by atoms with Crippen LogP contribution in [0.4, 0.5) is 0 Å². The molecule has 3 aromatic heterocycles. The van der Waals surface area contributed by atoms with Gasteiger partial charge in [0.05, 0.1) is 0 Å². The van der Waals surface area contributed by atoms with Crippen molar-refractivity contribution in [2.24, 2.45) is 5.92 Å². The summed E-state index contributed by atoms with van der Waals surface area (Å²) in [7, 11) is 0. The van der Waals surface area contributed by atoms with Crippen molar-refractivity contribution >= 4 is 27.1 Å². The van der Waals surface area contributed by atoms with Crippen LogP contribution in [-0.2, 0) is 6.54 Å². The van der Waals surface area contributed by atoms with Gasteiger partial charge in [-0.15, -0.1) is 11.3 Å². The molecule has 0 amide bonds. The highest BCUT2D eigenvalue weighted by atomic mass is 32.1. The molecule has 4 rings (SSSR count). The van der Waals surface area contributed by atoms with E-state index in [-0.39, 0.29) is 5.56 Å². The molecule has 0 radical (unpaired) electrons. The molecule has 0 spiro atoms. The Hall–Kier alpha value is -1.62. The molecular weight excluding hydrogens is 246 g/mol. The molecule has 5 heteroatoms. The Bertz CT molecular complexity index is 807. The largest absolute Gasteiger partial charge is 0.291 e. The number of thiophene rings is 1. The number of aromatic nitrogens is 3. The Kier molecular flexibility index (Phi) is 1.97. The lowest BCUT2D eigenvalue weighted by molar-refractivity contribution is 0.522. The van der Waals surface area contributed by atoms with Crippen molar-refractivity contribution < 1.29 is 0 Å². The molecule has 92 valence electrons. The van der Waals surface area contributed by atoms with Crippen LogP contribution in [0.15, 0.2) is 22.3 Å². The molecule has 1 aliphatic carbocycles. The van der Waals surface area contributed by atoms with E-state index in [1.54, 1.807) is 16.0 Å². The highest BCUT2D eigenvalue weighted by Crippen LogP contribution is 2.30. The lowest BCUT2D eigenvalue weighted by atomic mass is 10.4. The molecule has 0 bridgehead atoms. The minimum absolute atomic E-state index is 0.0379. The fourth-order valence-electron chi connectivity index (χ4n) is 2.47. The Morgan fingerprint density at radius 2 is 2.33 bits per heavy atom.